The Morgan fingerprint density at radius 3 is 2.38 bits per heavy atom. The van der Waals surface area contributed by atoms with Crippen molar-refractivity contribution in [2.24, 2.45) is 5.92 Å². The van der Waals surface area contributed by atoms with Crippen molar-refractivity contribution in [2.45, 2.75) is 59.0 Å². The van der Waals surface area contributed by atoms with Gasteiger partial charge >= 0.3 is 0 Å². The normalized spacial score (nSPS) is 13.9. The zero-order valence-electron chi connectivity index (χ0n) is 17.8. The highest BCUT2D eigenvalue weighted by molar-refractivity contribution is 5.86. The van der Waals surface area contributed by atoms with Crippen LogP contribution in [0.4, 0.5) is 0 Å². The van der Waals surface area contributed by atoms with Crippen molar-refractivity contribution in [3.8, 4) is 0 Å². The number of carbonyl (C=O) groups is 2. The molecule has 0 N–H and O–H groups in total. The molecular weight excluding hydrogens is 364 g/mol. The van der Waals surface area contributed by atoms with E-state index in [1.165, 1.54) is 5.56 Å². The Balaban J connectivity index is 1.70. The van der Waals surface area contributed by atoms with Gasteiger partial charge in [0.05, 0.1) is 13.1 Å². The molecule has 1 aromatic heterocycles. The van der Waals surface area contributed by atoms with Crippen molar-refractivity contribution < 1.29 is 14.0 Å². The van der Waals surface area contributed by atoms with E-state index >= 15 is 0 Å². The van der Waals surface area contributed by atoms with Crippen LogP contribution in [-0.2, 0) is 22.6 Å². The second kappa shape index (κ2) is 9.77. The van der Waals surface area contributed by atoms with Gasteiger partial charge in [-0.25, -0.2) is 0 Å². The highest BCUT2D eigenvalue weighted by Gasteiger charge is 2.32. The average molecular weight is 397 g/mol. The quantitative estimate of drug-likeness (QED) is 0.638. The van der Waals surface area contributed by atoms with Crippen molar-refractivity contribution in [3.05, 3.63) is 59.5 Å². The van der Waals surface area contributed by atoms with E-state index in [2.05, 4.69) is 12.1 Å². The van der Waals surface area contributed by atoms with Gasteiger partial charge in [-0.05, 0) is 57.7 Å². The molecular formula is C24H32N2O3. The lowest BCUT2D eigenvalue weighted by molar-refractivity contribution is -0.146. The Bertz CT molecular complexity index is 809. The summed E-state index contributed by atoms with van der Waals surface area (Å²) in [6.45, 7) is 7.00. The van der Waals surface area contributed by atoms with Crippen LogP contribution in [-0.4, -0.2) is 40.7 Å². The van der Waals surface area contributed by atoms with Crippen LogP contribution in [0, 0.1) is 12.8 Å². The van der Waals surface area contributed by atoms with E-state index in [9.17, 15) is 9.59 Å². The van der Waals surface area contributed by atoms with Crippen LogP contribution in [0.15, 0.2) is 46.9 Å². The fourth-order valence-electron chi connectivity index (χ4n) is 3.61. The summed E-state index contributed by atoms with van der Waals surface area (Å²) in [5.41, 5.74) is 1.19. The van der Waals surface area contributed by atoms with Gasteiger partial charge in [-0.15, -0.1) is 0 Å². The van der Waals surface area contributed by atoms with Crippen molar-refractivity contribution in [3.63, 3.8) is 0 Å². The maximum atomic E-state index is 13.2. The largest absolute Gasteiger partial charge is 0.464 e. The van der Waals surface area contributed by atoms with Gasteiger partial charge in [0.1, 0.15) is 11.5 Å². The number of carbonyl (C=O) groups excluding carboxylic acids is 2. The lowest BCUT2D eigenvalue weighted by atomic mass is 9.84. The van der Waals surface area contributed by atoms with Gasteiger partial charge in [0.25, 0.3) is 0 Å². The molecule has 1 aliphatic rings. The molecule has 0 atom stereocenters. The first-order valence-corrected chi connectivity index (χ1v) is 10.6. The standard InChI is InChI=1S/C24H32N2O3/c1-18(2)26(24(28)21-10-7-11-21)17-23(27)25(16-22-13-12-19(3)29-22)15-14-20-8-5-4-6-9-20/h4-6,8-9,12-13,18,21H,7,10-11,14-17H2,1-3H3. The maximum Gasteiger partial charge on any atom is 0.242 e. The van der Waals surface area contributed by atoms with E-state index < -0.39 is 0 Å². The smallest absolute Gasteiger partial charge is 0.242 e. The molecule has 0 aliphatic heterocycles. The summed E-state index contributed by atoms with van der Waals surface area (Å²) in [5.74, 6) is 1.79. The van der Waals surface area contributed by atoms with E-state index in [1.807, 2.05) is 56.0 Å². The van der Waals surface area contributed by atoms with E-state index in [0.717, 1.165) is 37.2 Å². The number of hydrogen-bond donors (Lipinski definition) is 0. The van der Waals surface area contributed by atoms with E-state index in [0.29, 0.717) is 13.1 Å². The van der Waals surface area contributed by atoms with Gasteiger partial charge < -0.3 is 14.2 Å². The average Bonchev–Trinajstić information content (AvgIpc) is 3.06. The lowest BCUT2D eigenvalue weighted by Gasteiger charge is -2.35. The summed E-state index contributed by atoms with van der Waals surface area (Å²) in [7, 11) is 0. The van der Waals surface area contributed by atoms with Gasteiger partial charge in [-0.1, -0.05) is 36.8 Å². The van der Waals surface area contributed by atoms with Gasteiger partial charge in [-0.2, -0.15) is 0 Å². The summed E-state index contributed by atoms with van der Waals surface area (Å²) in [4.78, 5) is 29.6. The fourth-order valence-corrected chi connectivity index (χ4v) is 3.61. The number of furan rings is 1. The first kappa shape index (κ1) is 21.2. The van der Waals surface area contributed by atoms with Crippen LogP contribution in [0.2, 0.25) is 0 Å². The Labute approximate surface area is 173 Å². The summed E-state index contributed by atoms with van der Waals surface area (Å²) in [6, 6.07) is 14.0. The molecule has 1 saturated carbocycles. The summed E-state index contributed by atoms with van der Waals surface area (Å²) in [5, 5.41) is 0. The lowest BCUT2D eigenvalue weighted by Crippen LogP contribution is -2.49. The number of amides is 2. The van der Waals surface area contributed by atoms with Crippen LogP contribution in [0.5, 0.6) is 0 Å². The second-order valence-electron chi connectivity index (χ2n) is 8.25. The van der Waals surface area contributed by atoms with Gasteiger partial charge in [0, 0.05) is 18.5 Å². The first-order chi connectivity index (χ1) is 13.9. The Morgan fingerprint density at radius 2 is 1.83 bits per heavy atom. The van der Waals surface area contributed by atoms with E-state index in [-0.39, 0.29) is 30.3 Å². The van der Waals surface area contributed by atoms with E-state index in [4.69, 9.17) is 4.42 Å². The number of rotatable bonds is 9. The molecule has 1 aromatic carbocycles. The minimum absolute atomic E-state index is 0.00822. The van der Waals surface area contributed by atoms with E-state index in [1.54, 1.807) is 4.90 Å². The van der Waals surface area contributed by atoms with Crippen molar-refractivity contribution >= 4 is 11.8 Å². The topological polar surface area (TPSA) is 53.8 Å². The van der Waals surface area contributed by atoms with Crippen molar-refractivity contribution in [1.82, 2.24) is 9.80 Å². The minimum atomic E-state index is -0.0312. The summed E-state index contributed by atoms with van der Waals surface area (Å²) >= 11 is 0. The molecule has 5 nitrogen and oxygen atoms in total. The third-order valence-corrected chi connectivity index (χ3v) is 5.68. The SMILES string of the molecule is Cc1ccc(CN(CCc2ccccc2)C(=O)CN(C(=O)C2CCC2)C(C)C)o1. The molecule has 1 fully saturated rings. The van der Waals surface area contributed by atoms with Crippen LogP contribution in [0.25, 0.3) is 0 Å². The summed E-state index contributed by atoms with van der Waals surface area (Å²) in [6.07, 6.45) is 3.77. The Morgan fingerprint density at radius 1 is 1.10 bits per heavy atom. The van der Waals surface area contributed by atoms with Crippen LogP contribution < -0.4 is 0 Å². The highest BCUT2D eigenvalue weighted by Crippen LogP contribution is 2.29. The molecule has 156 valence electrons. The Kier molecular flexibility index (Phi) is 7.13. The first-order valence-electron chi connectivity index (χ1n) is 10.6. The highest BCUT2D eigenvalue weighted by atomic mass is 16.3. The molecule has 0 bridgehead atoms. The molecule has 0 spiro atoms. The second-order valence-corrected chi connectivity index (χ2v) is 8.25. The van der Waals surface area contributed by atoms with Gasteiger partial charge in [-0.3, -0.25) is 9.59 Å². The predicted octanol–water partition coefficient (Wildman–Crippen LogP) is 4.20. The van der Waals surface area contributed by atoms with Crippen molar-refractivity contribution in [2.75, 3.05) is 13.1 Å². The zero-order valence-corrected chi connectivity index (χ0v) is 17.8. The molecule has 3 rings (SSSR count). The van der Waals surface area contributed by atoms with Gasteiger partial charge in [0.2, 0.25) is 11.8 Å². The molecule has 0 saturated heterocycles. The Hall–Kier alpha value is -2.56. The van der Waals surface area contributed by atoms with Crippen LogP contribution in [0.3, 0.4) is 0 Å². The third kappa shape index (κ3) is 5.72. The predicted molar refractivity (Wildman–Crippen MR) is 113 cm³/mol. The molecule has 1 aliphatic carbocycles. The van der Waals surface area contributed by atoms with Crippen molar-refractivity contribution in [1.29, 1.82) is 0 Å². The molecule has 2 aromatic rings. The molecule has 29 heavy (non-hydrogen) atoms. The molecule has 1 heterocycles. The third-order valence-electron chi connectivity index (χ3n) is 5.68. The number of hydrogen-bond acceptors (Lipinski definition) is 3. The van der Waals surface area contributed by atoms with Crippen LogP contribution in [0.1, 0.15) is 50.2 Å². The number of benzene rings is 1. The maximum absolute atomic E-state index is 13.2. The zero-order chi connectivity index (χ0) is 20.8. The molecule has 5 heteroatoms. The number of aryl methyl sites for hydroxylation is 1. The van der Waals surface area contributed by atoms with Crippen LogP contribution >= 0.6 is 0 Å². The van der Waals surface area contributed by atoms with Gasteiger partial charge in [0.15, 0.2) is 0 Å². The minimum Gasteiger partial charge on any atom is -0.464 e. The molecule has 0 radical (unpaired) electrons. The molecule has 0 unspecified atom stereocenters. The summed E-state index contributed by atoms with van der Waals surface area (Å²) < 4.78 is 5.71. The monoisotopic (exact) mass is 396 g/mol. The fraction of sp³-hybridized carbons (Fsp3) is 0.500. The number of nitrogens with zero attached hydrogens (tertiary/aromatic N) is 2. The molecule has 2 amide bonds.